The maximum atomic E-state index is 16.2. The first kappa shape index (κ1) is 85.2. The van der Waals surface area contributed by atoms with Crippen LogP contribution < -0.4 is 0 Å². The van der Waals surface area contributed by atoms with Crippen molar-refractivity contribution in [2.24, 2.45) is 50.2 Å². The molecule has 0 spiro atoms. The zero-order chi connectivity index (χ0) is 79.6. The van der Waals surface area contributed by atoms with Gasteiger partial charge < -0.3 is 173 Å². The standard InChI is InChI=1S/C71H112O38/c1-26-49(104-57-48(89)51(105-56-44(85)38(79)32(78)21-95-56)35(22-96-57)103-59-45(86)41(82)39(80)33(19-72)101-59)43(84)47(88)58(98-26)107-53-52(106-62-54(90)71(94,24-75)25-97-62)50(100-28(3)76)27(2)99-61(53)109-64(93)69-14-13-65(4,5)17-30(69)29-9-10-36-66(6)18-31(77)55(108-60-46(87)42(83)40(81)34(20-73)102-60)68(8,63(91)92)37(66)11-12-67(36,7)70(29,23-74)16-15-69/h9,26-27,30-62,72-75,77-90,94H,10-25H2,1-8H3,(H,91,92)/t26-,27+,30-,31-,32-,33+,34+,35+,36+,37+,38-,39-,40+,41-,42-,43-,44+,45+,46+,47+,48+,49-,50-,51-,52-,53+,54-,55-,56-,57-,58-,59-,60-,61-,62-,66+,67+,68-,69-,70-,71+/m0/s1. The lowest BCUT2D eigenvalue weighted by Crippen LogP contribution is -2.71. The predicted molar refractivity (Wildman–Crippen MR) is 354 cm³/mol. The van der Waals surface area contributed by atoms with Crippen LogP contribution in [-0.2, 0) is 85.4 Å². The first-order valence-electron chi connectivity index (χ1n) is 37.6. The molecule has 0 amide bonds. The molecule has 7 heterocycles. The van der Waals surface area contributed by atoms with Crippen LogP contribution in [0.5, 0.6) is 0 Å². The first-order valence-corrected chi connectivity index (χ1v) is 37.6. The molecular formula is C71H112O38. The van der Waals surface area contributed by atoms with Gasteiger partial charge in [-0.25, -0.2) is 0 Å². The molecule has 7 aliphatic heterocycles. The van der Waals surface area contributed by atoms with E-state index in [0.717, 1.165) is 12.5 Å². The number of hydrogen-bond donors (Lipinski definition) is 20. The summed E-state index contributed by atoms with van der Waals surface area (Å²) in [6.45, 7) is 8.36. The Kier molecular flexibility index (Phi) is 25.1. The van der Waals surface area contributed by atoms with Gasteiger partial charge in [-0.1, -0.05) is 39.3 Å². The normalized spacial score (nSPS) is 53.3. The molecule has 0 unspecified atom stereocenters. The zero-order valence-electron chi connectivity index (χ0n) is 61.9. The van der Waals surface area contributed by atoms with Crippen molar-refractivity contribution in [3.05, 3.63) is 11.6 Å². The van der Waals surface area contributed by atoms with Crippen molar-refractivity contribution in [2.75, 3.05) is 46.2 Å². The molecule has 38 nitrogen and oxygen atoms in total. The van der Waals surface area contributed by atoms with Gasteiger partial charge in [0, 0.05) is 12.3 Å². The van der Waals surface area contributed by atoms with Crippen molar-refractivity contribution in [1.82, 2.24) is 0 Å². The van der Waals surface area contributed by atoms with Gasteiger partial charge in [0.25, 0.3) is 0 Å². The Balaban J connectivity index is 0.830. The number of aliphatic hydroxyl groups excluding tert-OH is 18. The monoisotopic (exact) mass is 1570 g/mol. The maximum Gasteiger partial charge on any atom is 0.315 e. The molecule has 4 saturated carbocycles. The molecule has 12 aliphatic rings. The van der Waals surface area contributed by atoms with E-state index < -0.39 is 317 Å². The summed E-state index contributed by atoms with van der Waals surface area (Å²) < 4.78 is 90.9. The van der Waals surface area contributed by atoms with Gasteiger partial charge in [0.15, 0.2) is 49.9 Å². The molecule has 12 rings (SSSR count). The molecule has 41 atom stereocenters. The fraction of sp³-hybridized carbons (Fsp3) is 0.930. The van der Waals surface area contributed by atoms with E-state index in [-0.39, 0.29) is 38.5 Å². The zero-order valence-corrected chi connectivity index (χ0v) is 61.9. The molecule has 20 N–H and O–H groups in total. The van der Waals surface area contributed by atoms with Crippen LogP contribution in [-0.4, -0.2) is 369 Å². The number of esters is 2. The molecule has 109 heavy (non-hydrogen) atoms. The van der Waals surface area contributed by atoms with E-state index in [1.807, 2.05) is 13.0 Å². The number of carbonyl (C=O) groups is 3. The lowest BCUT2D eigenvalue weighted by molar-refractivity contribution is -0.391. The van der Waals surface area contributed by atoms with Crippen molar-refractivity contribution in [3.8, 4) is 0 Å². The molecule has 38 heteroatoms. The fourth-order valence-corrected chi connectivity index (χ4v) is 20.6. The van der Waals surface area contributed by atoms with Crippen molar-refractivity contribution >= 4 is 17.9 Å². The lowest BCUT2D eigenvalue weighted by atomic mass is 9.33. The van der Waals surface area contributed by atoms with Crippen molar-refractivity contribution in [1.29, 1.82) is 0 Å². The van der Waals surface area contributed by atoms with Crippen LogP contribution in [0.25, 0.3) is 0 Å². The van der Waals surface area contributed by atoms with Gasteiger partial charge in [-0.15, -0.1) is 0 Å². The number of rotatable bonds is 20. The third-order valence-corrected chi connectivity index (χ3v) is 26.9. The Bertz CT molecular complexity index is 3210. The minimum absolute atomic E-state index is 0.0328. The van der Waals surface area contributed by atoms with Gasteiger partial charge >= 0.3 is 17.9 Å². The Morgan fingerprint density at radius 3 is 1.66 bits per heavy atom. The van der Waals surface area contributed by atoms with Crippen LogP contribution in [0, 0.1) is 50.2 Å². The van der Waals surface area contributed by atoms with Gasteiger partial charge in [-0.2, -0.15) is 0 Å². The lowest BCUT2D eigenvalue weighted by Gasteiger charge is -2.71. The molecule has 5 aliphatic carbocycles. The number of hydrogen-bond acceptors (Lipinski definition) is 37. The third-order valence-electron chi connectivity index (χ3n) is 26.9. The van der Waals surface area contributed by atoms with E-state index in [1.54, 1.807) is 0 Å². The molecule has 624 valence electrons. The largest absolute Gasteiger partial charge is 0.481 e. The highest BCUT2D eigenvalue weighted by atomic mass is 16.8. The summed E-state index contributed by atoms with van der Waals surface area (Å²) in [5.41, 5.74) is -8.25. The number of allylic oxidation sites excluding steroid dienone is 1. The second kappa shape index (κ2) is 32.1. The van der Waals surface area contributed by atoms with Crippen LogP contribution in [0.1, 0.15) is 113 Å². The van der Waals surface area contributed by atoms with Gasteiger partial charge in [0.2, 0.25) is 6.29 Å². The van der Waals surface area contributed by atoms with Crippen molar-refractivity contribution in [2.45, 2.75) is 315 Å². The van der Waals surface area contributed by atoms with Crippen LogP contribution in [0.4, 0.5) is 0 Å². The molecule has 0 bridgehead atoms. The second-order valence-corrected chi connectivity index (χ2v) is 33.9. The molecule has 0 aromatic carbocycles. The summed E-state index contributed by atoms with van der Waals surface area (Å²) in [6.07, 6.45) is -53.2. The highest BCUT2D eigenvalue weighted by molar-refractivity contribution is 5.79. The van der Waals surface area contributed by atoms with E-state index in [1.165, 1.54) is 20.8 Å². The van der Waals surface area contributed by atoms with Crippen LogP contribution in [0.2, 0.25) is 0 Å². The average molecular weight is 1570 g/mol. The first-order chi connectivity index (χ1) is 51.2. The van der Waals surface area contributed by atoms with E-state index in [9.17, 15) is 112 Å². The quantitative estimate of drug-likeness (QED) is 0.0306. The minimum Gasteiger partial charge on any atom is -0.481 e. The van der Waals surface area contributed by atoms with Gasteiger partial charge in [0.05, 0.1) is 75.4 Å². The molecule has 7 saturated heterocycles. The SMILES string of the molecule is CC(=O)O[C@@H]1[C@H](O[C@@H]2OC[C@](O)(CO)[C@H]2O)[C@@H](O[C@@H]2O[C@@H](C)[C@H](O[C@@H]3OC[C@@H](O[C@@H]4O[C@H](CO)[C@H](O)[C@H](O)[C@H]4O)[C@H](O[C@@H]4OC[C@H](O)[C@H](O)[C@H]4O)[C@H]3O)[C@@H](O)[C@H]2O)[C@H](OC(=O)[C@]23CCC(C)(C)C[C@H]2C2=CC[C@@H]4[C@@]5(C)C[C@H](O)[C@H](O[C@@H]6O[C@H](CO)[C@@H](O)[C@H](O)[C@H]6O)[C@@](C)(C(=O)O)[C@@H]5CC[C@@]4(C)[C@]2(CO)CC3)O[C@@H]1C. The van der Waals surface area contributed by atoms with Gasteiger partial charge in [-0.3, -0.25) is 14.4 Å². The van der Waals surface area contributed by atoms with E-state index in [4.69, 9.17) is 71.1 Å². The van der Waals surface area contributed by atoms with Crippen LogP contribution >= 0.6 is 0 Å². The summed E-state index contributed by atoms with van der Waals surface area (Å²) in [6, 6.07) is 0. The predicted octanol–water partition coefficient (Wildman–Crippen LogP) is -7.01. The van der Waals surface area contributed by atoms with Crippen LogP contribution in [0.15, 0.2) is 11.6 Å². The summed E-state index contributed by atoms with van der Waals surface area (Å²) in [7, 11) is 0. The summed E-state index contributed by atoms with van der Waals surface area (Å²) in [5, 5.41) is 221. The minimum atomic E-state index is -2.31. The molecular weight excluding hydrogens is 1460 g/mol. The van der Waals surface area contributed by atoms with E-state index in [0.29, 0.717) is 19.3 Å². The number of carboxylic acids is 1. The Morgan fingerprint density at radius 1 is 0.505 bits per heavy atom. The number of carboxylic acid groups (broad SMARTS) is 1. The number of ether oxygens (including phenoxy) is 15. The number of carbonyl (C=O) groups excluding carboxylic acids is 2. The van der Waals surface area contributed by atoms with Gasteiger partial charge in [-0.05, 0) is 113 Å². The van der Waals surface area contributed by atoms with Gasteiger partial charge in [0.1, 0.15) is 128 Å². The average Bonchev–Trinajstić information content (AvgIpc) is 0.882. The maximum absolute atomic E-state index is 16.2. The smallest absolute Gasteiger partial charge is 0.315 e. The molecule has 0 aromatic heterocycles. The highest BCUT2D eigenvalue weighted by Crippen LogP contribution is 2.76. The molecule has 11 fully saturated rings. The number of aliphatic carboxylic acids is 1. The summed E-state index contributed by atoms with van der Waals surface area (Å²) >= 11 is 0. The topological polar surface area (TPSA) is 594 Å². The molecule has 0 radical (unpaired) electrons. The number of aliphatic hydroxyl groups is 19. The Hall–Kier alpha value is -3.13. The Morgan fingerprint density at radius 2 is 1.06 bits per heavy atom. The van der Waals surface area contributed by atoms with E-state index >= 15 is 4.79 Å². The van der Waals surface area contributed by atoms with Crippen LogP contribution in [0.3, 0.4) is 0 Å². The third kappa shape index (κ3) is 14.7. The van der Waals surface area contributed by atoms with Crippen molar-refractivity contribution in [3.63, 3.8) is 0 Å². The number of fused-ring (bicyclic) bond motifs is 7. The summed E-state index contributed by atoms with van der Waals surface area (Å²) in [5.74, 6) is -4.92. The van der Waals surface area contributed by atoms with Crippen molar-refractivity contribution < 1.29 is 188 Å². The summed E-state index contributed by atoms with van der Waals surface area (Å²) in [4.78, 5) is 43.3. The van der Waals surface area contributed by atoms with E-state index in [2.05, 4.69) is 20.8 Å². The molecule has 0 aromatic rings. The second-order valence-electron chi connectivity index (χ2n) is 33.9. The highest BCUT2D eigenvalue weighted by Gasteiger charge is 2.74. The Labute approximate surface area is 627 Å². The fourth-order valence-electron chi connectivity index (χ4n) is 20.6.